The highest BCUT2D eigenvalue weighted by atomic mass is 16.3. The van der Waals surface area contributed by atoms with E-state index in [2.05, 4.69) is 0 Å². The summed E-state index contributed by atoms with van der Waals surface area (Å²) in [6.45, 7) is 3.76. The summed E-state index contributed by atoms with van der Waals surface area (Å²) >= 11 is 0. The maximum absolute atomic E-state index is 11.0. The third-order valence-corrected chi connectivity index (χ3v) is 2.01. The molecule has 0 spiro atoms. The standard InChI is InChI=1S/C7H12O2/c1-7(2)4-3-5(8)6(7)9/h5,8H,3-4H2,1-2H3. The predicted molar refractivity (Wildman–Crippen MR) is 34.0 cm³/mol. The lowest BCUT2D eigenvalue weighted by Crippen LogP contribution is -2.24. The van der Waals surface area contributed by atoms with Crippen LogP contribution in [0.15, 0.2) is 0 Å². The molecule has 9 heavy (non-hydrogen) atoms. The molecule has 1 rings (SSSR count). The molecule has 1 aliphatic carbocycles. The second-order valence-electron chi connectivity index (χ2n) is 3.30. The molecule has 52 valence electrons. The fourth-order valence-electron chi connectivity index (χ4n) is 1.20. The minimum atomic E-state index is -0.681. The van der Waals surface area contributed by atoms with Gasteiger partial charge in [0.1, 0.15) is 6.10 Å². The molecule has 0 saturated heterocycles. The van der Waals surface area contributed by atoms with Crippen molar-refractivity contribution in [3.63, 3.8) is 0 Å². The van der Waals surface area contributed by atoms with E-state index in [0.717, 1.165) is 6.42 Å². The lowest BCUT2D eigenvalue weighted by Gasteiger charge is -2.12. The van der Waals surface area contributed by atoms with Crippen LogP contribution in [0.2, 0.25) is 0 Å². The maximum atomic E-state index is 11.0. The summed E-state index contributed by atoms with van der Waals surface area (Å²) in [6, 6.07) is 0. The number of Topliss-reactive ketones (excluding diaryl/α,β-unsaturated/α-hetero) is 1. The molecule has 0 amide bonds. The molecule has 1 aliphatic rings. The Morgan fingerprint density at radius 3 is 2.33 bits per heavy atom. The van der Waals surface area contributed by atoms with Gasteiger partial charge in [-0.15, -0.1) is 0 Å². The summed E-state index contributed by atoms with van der Waals surface area (Å²) in [7, 11) is 0. The van der Waals surface area contributed by atoms with E-state index in [1.807, 2.05) is 13.8 Å². The van der Waals surface area contributed by atoms with Crippen molar-refractivity contribution in [1.82, 2.24) is 0 Å². The van der Waals surface area contributed by atoms with E-state index >= 15 is 0 Å². The van der Waals surface area contributed by atoms with Gasteiger partial charge in [0.15, 0.2) is 5.78 Å². The van der Waals surface area contributed by atoms with Gasteiger partial charge in [0.05, 0.1) is 0 Å². The van der Waals surface area contributed by atoms with Gasteiger partial charge < -0.3 is 5.11 Å². The number of carbonyl (C=O) groups is 1. The largest absolute Gasteiger partial charge is 0.385 e. The summed E-state index contributed by atoms with van der Waals surface area (Å²) < 4.78 is 0. The third kappa shape index (κ3) is 0.990. The Labute approximate surface area is 54.9 Å². The quantitative estimate of drug-likeness (QED) is 0.522. The smallest absolute Gasteiger partial charge is 0.166 e. The molecule has 1 unspecified atom stereocenters. The van der Waals surface area contributed by atoms with Crippen LogP contribution in [0.1, 0.15) is 26.7 Å². The van der Waals surface area contributed by atoms with Crippen LogP contribution in [0, 0.1) is 5.41 Å². The van der Waals surface area contributed by atoms with Crippen LogP contribution in [0.4, 0.5) is 0 Å². The van der Waals surface area contributed by atoms with E-state index in [-0.39, 0.29) is 11.2 Å². The number of aliphatic hydroxyl groups excluding tert-OH is 1. The third-order valence-electron chi connectivity index (χ3n) is 2.01. The number of hydrogen-bond donors (Lipinski definition) is 1. The topological polar surface area (TPSA) is 37.3 Å². The van der Waals surface area contributed by atoms with E-state index in [4.69, 9.17) is 5.11 Å². The second-order valence-corrected chi connectivity index (χ2v) is 3.30. The van der Waals surface area contributed by atoms with Crippen molar-refractivity contribution in [2.75, 3.05) is 0 Å². The molecule has 2 nitrogen and oxygen atoms in total. The minimum absolute atomic E-state index is 0.00231. The van der Waals surface area contributed by atoms with Crippen molar-refractivity contribution in [1.29, 1.82) is 0 Å². The molecule has 0 bridgehead atoms. The molecule has 1 fully saturated rings. The molecule has 0 aromatic rings. The van der Waals surface area contributed by atoms with Crippen molar-refractivity contribution in [2.24, 2.45) is 5.41 Å². The first-order chi connectivity index (χ1) is 4.04. The highest BCUT2D eigenvalue weighted by molar-refractivity contribution is 5.89. The molecule has 1 N–H and O–H groups in total. The highest BCUT2D eigenvalue weighted by Gasteiger charge is 2.39. The van der Waals surface area contributed by atoms with Gasteiger partial charge in [-0.25, -0.2) is 0 Å². The zero-order valence-electron chi connectivity index (χ0n) is 5.85. The number of ketones is 1. The van der Waals surface area contributed by atoms with Crippen LogP contribution in [0.3, 0.4) is 0 Å². The van der Waals surface area contributed by atoms with E-state index in [0.29, 0.717) is 6.42 Å². The van der Waals surface area contributed by atoms with Gasteiger partial charge in [-0.1, -0.05) is 13.8 Å². The van der Waals surface area contributed by atoms with Crippen molar-refractivity contribution >= 4 is 5.78 Å². The highest BCUT2D eigenvalue weighted by Crippen LogP contribution is 2.33. The SMILES string of the molecule is CC1(C)CCC(O)C1=O. The van der Waals surface area contributed by atoms with Crippen LogP contribution in [0.25, 0.3) is 0 Å². The van der Waals surface area contributed by atoms with Gasteiger partial charge in [-0.05, 0) is 12.8 Å². The molecule has 1 saturated carbocycles. The van der Waals surface area contributed by atoms with Crippen molar-refractivity contribution in [2.45, 2.75) is 32.8 Å². The molecule has 2 heteroatoms. The first-order valence-electron chi connectivity index (χ1n) is 3.26. The second kappa shape index (κ2) is 1.81. The zero-order chi connectivity index (χ0) is 7.07. The summed E-state index contributed by atoms with van der Waals surface area (Å²) in [5.41, 5.74) is -0.264. The zero-order valence-corrected chi connectivity index (χ0v) is 5.85. The fraction of sp³-hybridized carbons (Fsp3) is 0.857. The Bertz CT molecular complexity index is 138. The van der Waals surface area contributed by atoms with E-state index in [1.165, 1.54) is 0 Å². The van der Waals surface area contributed by atoms with Crippen LogP contribution in [0.5, 0.6) is 0 Å². The first kappa shape index (κ1) is 6.75. The Kier molecular flexibility index (Phi) is 1.35. The molecule has 0 aromatic carbocycles. The van der Waals surface area contributed by atoms with Crippen molar-refractivity contribution in [3.8, 4) is 0 Å². The average Bonchev–Trinajstić information content (AvgIpc) is 1.97. The first-order valence-corrected chi connectivity index (χ1v) is 3.26. The van der Waals surface area contributed by atoms with Gasteiger partial charge in [0.25, 0.3) is 0 Å². The number of carbonyl (C=O) groups excluding carboxylic acids is 1. The molecule has 0 aliphatic heterocycles. The van der Waals surface area contributed by atoms with Gasteiger partial charge in [0.2, 0.25) is 0 Å². The summed E-state index contributed by atoms with van der Waals surface area (Å²) in [5, 5.41) is 8.98. The maximum Gasteiger partial charge on any atom is 0.166 e. The summed E-state index contributed by atoms with van der Waals surface area (Å²) in [5.74, 6) is 0.00231. The van der Waals surface area contributed by atoms with Crippen LogP contribution >= 0.6 is 0 Å². The predicted octanol–water partition coefficient (Wildman–Crippen LogP) is 0.736. The molecule has 1 atom stereocenters. The summed E-state index contributed by atoms with van der Waals surface area (Å²) in [6.07, 6.45) is 0.791. The number of aliphatic hydroxyl groups is 1. The molecular formula is C7H12O2. The minimum Gasteiger partial charge on any atom is -0.385 e. The van der Waals surface area contributed by atoms with Gasteiger partial charge in [0, 0.05) is 5.41 Å². The lowest BCUT2D eigenvalue weighted by molar-refractivity contribution is -0.130. The van der Waals surface area contributed by atoms with Crippen LogP contribution in [-0.2, 0) is 4.79 Å². The number of hydrogen-bond acceptors (Lipinski definition) is 2. The lowest BCUT2D eigenvalue weighted by atomic mass is 9.91. The normalized spacial score (nSPS) is 33.2. The van der Waals surface area contributed by atoms with E-state index in [1.54, 1.807) is 0 Å². The number of rotatable bonds is 0. The van der Waals surface area contributed by atoms with E-state index in [9.17, 15) is 4.79 Å². The average molecular weight is 128 g/mol. The van der Waals surface area contributed by atoms with Gasteiger partial charge in [-0.2, -0.15) is 0 Å². The Balaban J connectivity index is 2.74. The molecule has 0 aromatic heterocycles. The van der Waals surface area contributed by atoms with Crippen molar-refractivity contribution in [3.05, 3.63) is 0 Å². The van der Waals surface area contributed by atoms with Crippen molar-refractivity contribution < 1.29 is 9.90 Å². The Morgan fingerprint density at radius 2 is 2.22 bits per heavy atom. The van der Waals surface area contributed by atoms with Crippen LogP contribution in [-0.4, -0.2) is 17.0 Å². The summed E-state index contributed by atoms with van der Waals surface area (Å²) in [4.78, 5) is 11.0. The van der Waals surface area contributed by atoms with Gasteiger partial charge >= 0.3 is 0 Å². The van der Waals surface area contributed by atoms with Crippen LogP contribution < -0.4 is 0 Å². The van der Waals surface area contributed by atoms with E-state index < -0.39 is 6.10 Å². The fourth-order valence-corrected chi connectivity index (χ4v) is 1.20. The van der Waals surface area contributed by atoms with Gasteiger partial charge in [-0.3, -0.25) is 4.79 Å². The molecule has 0 radical (unpaired) electrons. The molecule has 0 heterocycles. The Morgan fingerprint density at radius 1 is 1.67 bits per heavy atom. The molecular weight excluding hydrogens is 116 g/mol. The Hall–Kier alpha value is -0.370. The monoisotopic (exact) mass is 128 g/mol.